The van der Waals surface area contributed by atoms with E-state index < -0.39 is 6.67 Å². The van der Waals surface area contributed by atoms with E-state index in [1.54, 1.807) is 19.2 Å². The molecule has 3 aromatic rings. The molecule has 3 aromatic carbocycles. The van der Waals surface area contributed by atoms with Gasteiger partial charge in [-0.05, 0) is 84.3 Å². The van der Waals surface area contributed by atoms with Gasteiger partial charge < -0.3 is 10.6 Å². The van der Waals surface area contributed by atoms with Crippen LogP contribution in [-0.2, 0) is 4.79 Å². The number of amides is 1. The van der Waals surface area contributed by atoms with E-state index >= 15 is 0 Å². The number of ketones is 1. The molecule has 0 heterocycles. The van der Waals surface area contributed by atoms with E-state index in [1.165, 1.54) is 12.1 Å². The van der Waals surface area contributed by atoms with Crippen LogP contribution in [0.3, 0.4) is 0 Å². The van der Waals surface area contributed by atoms with Crippen molar-refractivity contribution in [2.75, 3.05) is 25.6 Å². The maximum Gasteiger partial charge on any atom is 0.251 e. The summed E-state index contributed by atoms with van der Waals surface area (Å²) < 4.78 is 26.6. The number of benzene rings is 3. The summed E-state index contributed by atoms with van der Waals surface area (Å²) in [6.07, 6.45) is 1.66. The minimum atomic E-state index is -0.431. The summed E-state index contributed by atoms with van der Waals surface area (Å²) in [5, 5.41) is 6.12. The molecule has 0 aromatic heterocycles. The molecule has 3 rings (SSSR count). The molecule has 2 N–H and O–H groups in total. The first-order chi connectivity index (χ1) is 18.7. The second-order valence-corrected chi connectivity index (χ2v) is 9.73. The first-order valence-corrected chi connectivity index (χ1v) is 13.6. The zero-order valence-electron chi connectivity index (χ0n) is 23.5. The Hall–Kier alpha value is -3.80. The smallest absolute Gasteiger partial charge is 0.251 e. The predicted molar refractivity (Wildman–Crippen MR) is 157 cm³/mol. The summed E-state index contributed by atoms with van der Waals surface area (Å²) in [7, 11) is 1.59. The highest BCUT2D eigenvalue weighted by Gasteiger charge is 2.22. The highest BCUT2D eigenvalue weighted by atomic mass is 19.1. The molecule has 1 unspecified atom stereocenters. The van der Waals surface area contributed by atoms with Gasteiger partial charge in [-0.2, -0.15) is 0 Å². The van der Waals surface area contributed by atoms with E-state index in [0.717, 1.165) is 45.5 Å². The molecule has 0 spiro atoms. The molecule has 1 atom stereocenters. The molecular weight excluding hydrogens is 494 g/mol. The maximum absolute atomic E-state index is 13.7. The first kappa shape index (κ1) is 29.8. The summed E-state index contributed by atoms with van der Waals surface area (Å²) >= 11 is 0. The summed E-state index contributed by atoms with van der Waals surface area (Å²) in [6.45, 7) is 7.83. The summed E-state index contributed by atoms with van der Waals surface area (Å²) in [4.78, 5) is 26.3. The van der Waals surface area contributed by atoms with Crippen molar-refractivity contribution in [3.05, 3.63) is 88.7 Å². The lowest BCUT2D eigenvalue weighted by Crippen LogP contribution is -2.21. The highest BCUT2D eigenvalue weighted by Crippen LogP contribution is 2.38. The number of rotatable bonds is 12. The van der Waals surface area contributed by atoms with Gasteiger partial charge in [0.05, 0.1) is 12.2 Å². The van der Waals surface area contributed by atoms with Crippen LogP contribution in [0.4, 0.5) is 14.5 Å². The molecule has 0 aliphatic carbocycles. The van der Waals surface area contributed by atoms with Crippen LogP contribution < -0.4 is 10.6 Å². The Morgan fingerprint density at radius 2 is 1.69 bits per heavy atom. The van der Waals surface area contributed by atoms with E-state index in [4.69, 9.17) is 0 Å². The zero-order chi connectivity index (χ0) is 28.5. The van der Waals surface area contributed by atoms with Gasteiger partial charge in [0.15, 0.2) is 5.78 Å². The Kier molecular flexibility index (Phi) is 10.6. The molecule has 6 heteroatoms. The molecule has 0 aliphatic rings. The maximum atomic E-state index is 13.7. The van der Waals surface area contributed by atoms with Crippen LogP contribution in [0, 0.1) is 18.7 Å². The molecule has 206 valence electrons. The first-order valence-electron chi connectivity index (χ1n) is 13.6. The van der Waals surface area contributed by atoms with Crippen LogP contribution in [0.25, 0.3) is 22.3 Å². The van der Waals surface area contributed by atoms with Gasteiger partial charge in [0, 0.05) is 36.3 Å². The van der Waals surface area contributed by atoms with Gasteiger partial charge in [-0.25, -0.2) is 4.39 Å². The van der Waals surface area contributed by atoms with Gasteiger partial charge in [0.2, 0.25) is 0 Å². The number of hydrogen-bond acceptors (Lipinski definition) is 3. The number of anilines is 1. The minimum Gasteiger partial charge on any atom is -0.384 e. The summed E-state index contributed by atoms with van der Waals surface area (Å²) in [5.74, 6) is -0.607. The van der Waals surface area contributed by atoms with Crippen LogP contribution in [0.15, 0.2) is 60.7 Å². The van der Waals surface area contributed by atoms with Gasteiger partial charge in [-0.1, -0.05) is 51.1 Å². The zero-order valence-corrected chi connectivity index (χ0v) is 23.5. The SMILES string of the molecule is CC/C(=C(/C(=O)NC)c1cc(-c2cccc(C(=O)C(C)CC)c2)c(NCCCF)cc1C)c1ccc(F)cc1. The molecule has 4 nitrogen and oxygen atoms in total. The second kappa shape index (κ2) is 13.8. The Balaban J connectivity index is 2.29. The van der Waals surface area contributed by atoms with Crippen molar-refractivity contribution in [1.82, 2.24) is 5.32 Å². The Morgan fingerprint density at radius 1 is 0.974 bits per heavy atom. The number of carbonyl (C=O) groups is 2. The molecule has 0 bridgehead atoms. The highest BCUT2D eigenvalue weighted by molar-refractivity contribution is 6.27. The number of Topliss-reactive ketones (excluding diaryl/α,β-unsaturated/α-hetero) is 1. The van der Waals surface area contributed by atoms with Crippen LogP contribution in [0.1, 0.15) is 67.1 Å². The van der Waals surface area contributed by atoms with Crippen molar-refractivity contribution < 1.29 is 18.4 Å². The van der Waals surface area contributed by atoms with Crippen molar-refractivity contribution in [2.24, 2.45) is 5.92 Å². The number of alkyl halides is 1. The number of nitrogens with one attached hydrogen (secondary N) is 2. The van der Waals surface area contributed by atoms with Gasteiger partial charge in [0.1, 0.15) is 5.82 Å². The number of allylic oxidation sites excluding steroid dienone is 1. The van der Waals surface area contributed by atoms with E-state index in [0.29, 0.717) is 30.5 Å². The van der Waals surface area contributed by atoms with E-state index in [2.05, 4.69) is 10.6 Å². The average molecular weight is 533 g/mol. The van der Waals surface area contributed by atoms with E-state index in [-0.39, 0.29) is 23.4 Å². The number of hydrogen-bond donors (Lipinski definition) is 2. The molecule has 1 amide bonds. The van der Waals surface area contributed by atoms with E-state index in [9.17, 15) is 18.4 Å². The van der Waals surface area contributed by atoms with Crippen LogP contribution >= 0.6 is 0 Å². The number of halogens is 2. The second-order valence-electron chi connectivity index (χ2n) is 9.73. The summed E-state index contributed by atoms with van der Waals surface area (Å²) in [6, 6.07) is 17.6. The average Bonchev–Trinajstić information content (AvgIpc) is 2.96. The van der Waals surface area contributed by atoms with Crippen LogP contribution in [-0.4, -0.2) is 32.0 Å². The van der Waals surface area contributed by atoms with Crippen LogP contribution in [0.5, 0.6) is 0 Å². The Morgan fingerprint density at radius 3 is 2.31 bits per heavy atom. The fourth-order valence-electron chi connectivity index (χ4n) is 4.69. The lowest BCUT2D eigenvalue weighted by atomic mass is 9.87. The van der Waals surface area contributed by atoms with Gasteiger partial charge in [0.25, 0.3) is 5.91 Å². The number of carbonyl (C=O) groups excluding carboxylic acids is 2. The lowest BCUT2D eigenvalue weighted by molar-refractivity contribution is -0.115. The number of likely N-dealkylation sites (N-methyl/N-ethyl adjacent to an activating group) is 1. The quantitative estimate of drug-likeness (QED) is 0.108. The monoisotopic (exact) mass is 532 g/mol. The van der Waals surface area contributed by atoms with Gasteiger partial charge in [-0.3, -0.25) is 14.0 Å². The molecule has 39 heavy (non-hydrogen) atoms. The number of aryl methyl sites for hydroxylation is 1. The Labute approximate surface area is 230 Å². The molecule has 0 radical (unpaired) electrons. The van der Waals surface area contributed by atoms with Crippen molar-refractivity contribution in [3.63, 3.8) is 0 Å². The third-order valence-electron chi connectivity index (χ3n) is 7.08. The van der Waals surface area contributed by atoms with Crippen molar-refractivity contribution in [3.8, 4) is 11.1 Å². The predicted octanol–water partition coefficient (Wildman–Crippen LogP) is 7.87. The topological polar surface area (TPSA) is 58.2 Å². The lowest BCUT2D eigenvalue weighted by Gasteiger charge is -2.20. The van der Waals surface area contributed by atoms with Gasteiger partial charge in [-0.15, -0.1) is 0 Å². The van der Waals surface area contributed by atoms with Crippen molar-refractivity contribution in [2.45, 2.75) is 47.0 Å². The molecule has 0 fully saturated rings. The van der Waals surface area contributed by atoms with Gasteiger partial charge >= 0.3 is 0 Å². The summed E-state index contributed by atoms with van der Waals surface area (Å²) in [5.41, 5.74) is 6.73. The molecule has 0 aliphatic heterocycles. The Bertz CT molecular complexity index is 1350. The standard InChI is InChI=1S/C33H38F2N2O2/c1-6-21(3)32(38)25-11-8-10-24(19-25)29-20-28(22(4)18-30(29)37-17-9-16-34)31(33(39)36-5)27(7-2)23-12-14-26(35)15-13-23/h8,10-15,18-21,37H,6-7,9,16-17H2,1-5H3,(H,36,39)/b31-27-. The molecular formula is C33H38F2N2O2. The van der Waals surface area contributed by atoms with Crippen LogP contribution in [0.2, 0.25) is 0 Å². The normalized spacial score (nSPS) is 12.5. The van der Waals surface area contributed by atoms with Crippen molar-refractivity contribution in [1.29, 1.82) is 0 Å². The molecule has 0 saturated heterocycles. The third kappa shape index (κ3) is 6.99. The fraction of sp³-hybridized carbons (Fsp3) is 0.333. The largest absolute Gasteiger partial charge is 0.384 e. The fourth-order valence-corrected chi connectivity index (χ4v) is 4.69. The van der Waals surface area contributed by atoms with E-state index in [1.807, 2.05) is 64.1 Å². The van der Waals surface area contributed by atoms with Crippen molar-refractivity contribution >= 4 is 28.5 Å². The minimum absolute atomic E-state index is 0.0779. The molecule has 0 saturated carbocycles. The third-order valence-corrected chi connectivity index (χ3v) is 7.08.